The van der Waals surface area contributed by atoms with Crippen molar-refractivity contribution >= 4 is 71.3 Å². The zero-order valence-electron chi connectivity index (χ0n) is 30.1. The number of nitrogens with zero attached hydrogens (tertiary/aromatic N) is 2. The highest BCUT2D eigenvalue weighted by Crippen LogP contribution is 2.51. The summed E-state index contributed by atoms with van der Waals surface area (Å²) in [6, 6.07) is 55.3. The molecule has 0 bridgehead atoms. The van der Waals surface area contributed by atoms with E-state index in [4.69, 9.17) is 9.40 Å². The molecule has 2 aliphatic rings. The van der Waals surface area contributed by atoms with E-state index in [1.54, 1.807) is 0 Å². The fourth-order valence-corrected chi connectivity index (χ4v) is 9.96. The summed E-state index contributed by atoms with van der Waals surface area (Å²) in [6.45, 7) is 4.69. The summed E-state index contributed by atoms with van der Waals surface area (Å²) in [4.78, 5) is 7.25. The fraction of sp³-hybridized carbons (Fsp3) is 0.100. The monoisotopic (exact) mass is 712 g/mol. The van der Waals surface area contributed by atoms with Gasteiger partial charge in [0.2, 0.25) is 5.89 Å². The first-order valence-electron chi connectivity index (χ1n) is 18.7. The lowest BCUT2D eigenvalue weighted by Gasteiger charge is -2.27. The van der Waals surface area contributed by atoms with Gasteiger partial charge in [-0.2, -0.15) is 0 Å². The van der Waals surface area contributed by atoms with Crippen LogP contribution in [0, 0.1) is 0 Å². The van der Waals surface area contributed by atoms with Gasteiger partial charge >= 0.3 is 0 Å². The second-order valence-corrected chi connectivity index (χ2v) is 16.2. The second kappa shape index (κ2) is 11.9. The minimum Gasteiger partial charge on any atom is -0.436 e. The van der Waals surface area contributed by atoms with Crippen LogP contribution in [0.2, 0.25) is 0 Å². The number of fused-ring (bicyclic) bond motifs is 9. The van der Waals surface area contributed by atoms with Crippen LogP contribution in [-0.4, -0.2) is 4.98 Å². The average Bonchev–Trinajstić information content (AvgIpc) is 3.89. The van der Waals surface area contributed by atoms with Crippen molar-refractivity contribution in [2.75, 3.05) is 4.90 Å². The Morgan fingerprint density at radius 3 is 2.20 bits per heavy atom. The zero-order chi connectivity index (χ0) is 36.0. The van der Waals surface area contributed by atoms with Crippen LogP contribution in [0.1, 0.15) is 48.1 Å². The number of aryl methyl sites for hydroxylation is 1. The molecule has 2 aromatic heterocycles. The van der Waals surface area contributed by atoms with Crippen molar-refractivity contribution in [1.82, 2.24) is 4.98 Å². The number of oxazole rings is 1. The van der Waals surface area contributed by atoms with Gasteiger partial charge in [-0.3, -0.25) is 0 Å². The van der Waals surface area contributed by atoms with E-state index in [0.29, 0.717) is 5.89 Å². The van der Waals surface area contributed by atoms with E-state index < -0.39 is 0 Å². The summed E-state index contributed by atoms with van der Waals surface area (Å²) in [5.74, 6) is 0.677. The summed E-state index contributed by atoms with van der Waals surface area (Å²) < 4.78 is 9.01. The molecule has 11 rings (SSSR count). The topological polar surface area (TPSA) is 29.3 Å². The van der Waals surface area contributed by atoms with Crippen LogP contribution in [-0.2, 0) is 11.8 Å². The zero-order valence-corrected chi connectivity index (χ0v) is 31.0. The Kier molecular flexibility index (Phi) is 6.90. The number of rotatable bonds is 5. The van der Waals surface area contributed by atoms with Crippen molar-refractivity contribution < 1.29 is 4.42 Å². The van der Waals surface area contributed by atoms with Gasteiger partial charge in [-0.15, -0.1) is 11.3 Å². The Morgan fingerprint density at radius 1 is 0.593 bits per heavy atom. The van der Waals surface area contributed by atoms with Crippen LogP contribution in [0.4, 0.5) is 17.1 Å². The Labute approximate surface area is 318 Å². The van der Waals surface area contributed by atoms with E-state index in [1.807, 2.05) is 41.7 Å². The molecule has 0 aliphatic heterocycles. The first kappa shape index (κ1) is 31.3. The summed E-state index contributed by atoms with van der Waals surface area (Å²) in [5, 5.41) is 2.60. The highest BCUT2D eigenvalue weighted by Gasteiger charge is 2.35. The lowest BCUT2D eigenvalue weighted by Crippen LogP contribution is -2.15. The van der Waals surface area contributed by atoms with Crippen LogP contribution in [0.3, 0.4) is 0 Å². The van der Waals surface area contributed by atoms with Gasteiger partial charge in [-0.25, -0.2) is 4.98 Å². The minimum atomic E-state index is -0.0405. The number of anilines is 3. The number of thiophene rings is 1. The smallest absolute Gasteiger partial charge is 0.227 e. The molecule has 2 heterocycles. The van der Waals surface area contributed by atoms with Crippen molar-refractivity contribution in [3.8, 4) is 22.6 Å². The Balaban J connectivity index is 1.00. The lowest BCUT2D eigenvalue weighted by molar-refractivity contribution is 0.614. The normalized spacial score (nSPS) is 14.2. The first-order valence-corrected chi connectivity index (χ1v) is 19.6. The van der Waals surface area contributed by atoms with Crippen molar-refractivity contribution in [3.63, 3.8) is 0 Å². The number of allylic oxidation sites excluding steroid dienone is 1. The Morgan fingerprint density at radius 2 is 1.31 bits per heavy atom. The molecule has 0 saturated carbocycles. The van der Waals surface area contributed by atoms with Gasteiger partial charge in [0.05, 0.1) is 0 Å². The van der Waals surface area contributed by atoms with E-state index in [1.165, 1.54) is 64.7 Å². The summed E-state index contributed by atoms with van der Waals surface area (Å²) >= 11 is 1.86. The molecule has 3 nitrogen and oxygen atoms in total. The predicted octanol–water partition coefficient (Wildman–Crippen LogP) is 14.1. The number of hydrogen-bond acceptors (Lipinski definition) is 4. The lowest BCUT2D eigenvalue weighted by atomic mass is 9.82. The maximum Gasteiger partial charge on any atom is 0.227 e. The van der Waals surface area contributed by atoms with E-state index in [0.717, 1.165) is 46.6 Å². The maximum atomic E-state index is 6.38. The van der Waals surface area contributed by atoms with Crippen LogP contribution in [0.5, 0.6) is 0 Å². The van der Waals surface area contributed by atoms with Gasteiger partial charge in [-0.05, 0) is 119 Å². The molecule has 54 heavy (non-hydrogen) atoms. The molecule has 9 aromatic rings. The highest BCUT2D eigenvalue weighted by atomic mass is 32.1. The van der Waals surface area contributed by atoms with Crippen LogP contribution in [0.15, 0.2) is 156 Å². The first-order chi connectivity index (χ1) is 26.5. The quantitative estimate of drug-likeness (QED) is 0.178. The molecule has 0 saturated heterocycles. The maximum absolute atomic E-state index is 6.38. The van der Waals surface area contributed by atoms with Gasteiger partial charge in [-0.1, -0.05) is 105 Å². The number of benzene rings is 7. The predicted molar refractivity (Wildman–Crippen MR) is 227 cm³/mol. The van der Waals surface area contributed by atoms with Gasteiger partial charge in [0.15, 0.2) is 5.58 Å². The fourth-order valence-electron chi connectivity index (χ4n) is 8.88. The van der Waals surface area contributed by atoms with Gasteiger partial charge in [0.25, 0.3) is 0 Å². The molecule has 0 fully saturated rings. The summed E-state index contributed by atoms with van der Waals surface area (Å²) in [6.07, 6.45) is 4.20. The van der Waals surface area contributed by atoms with Crippen LogP contribution in [0.25, 0.3) is 65.5 Å². The molecular weight excluding hydrogens is 677 g/mol. The summed E-state index contributed by atoms with van der Waals surface area (Å²) in [5.41, 5.74) is 16.7. The van der Waals surface area contributed by atoms with Crippen molar-refractivity contribution in [2.24, 2.45) is 0 Å². The average molecular weight is 713 g/mol. The van der Waals surface area contributed by atoms with Gasteiger partial charge in [0, 0.05) is 53.8 Å². The van der Waals surface area contributed by atoms with E-state index >= 15 is 0 Å². The molecule has 0 amide bonds. The van der Waals surface area contributed by atoms with Crippen molar-refractivity contribution in [1.29, 1.82) is 0 Å². The van der Waals surface area contributed by atoms with Gasteiger partial charge < -0.3 is 9.32 Å². The Hall–Kier alpha value is -6.23. The third-order valence-corrected chi connectivity index (χ3v) is 12.8. The standard InChI is InChI=1S/C50H36N2OS/c1-50(2)43-14-8-6-12-39(43)41-29-36(22-25-44(41)50)52(37-23-27-47-42(30-37)40-13-7-9-15-46(40)54-47)35-20-16-31(17-21-35)33-18-24-38-34(28-33)19-26-45-48(38)53-49(51-45)32-10-4-3-5-11-32/h3-17,19-23,25-30H,18,24H2,1-2H3. The van der Waals surface area contributed by atoms with E-state index in [-0.39, 0.29) is 5.41 Å². The third-order valence-electron chi connectivity index (χ3n) is 11.6. The van der Waals surface area contributed by atoms with E-state index in [2.05, 4.69) is 146 Å². The molecule has 0 atom stereocenters. The van der Waals surface area contributed by atoms with Crippen LogP contribution >= 0.6 is 11.3 Å². The molecule has 7 aromatic carbocycles. The Bertz CT molecular complexity index is 2970. The highest BCUT2D eigenvalue weighted by molar-refractivity contribution is 7.25. The molecule has 0 spiro atoms. The molecule has 258 valence electrons. The SMILES string of the molecule is CC1(C)c2ccccc2-c2cc(N(c3ccc(C4=Cc5ccc6nc(-c7ccccc7)oc6c5CC4)cc3)c3ccc4sc5ccccc5c4c3)ccc21. The molecule has 4 heteroatoms. The molecular formula is C50H36N2OS. The van der Waals surface area contributed by atoms with E-state index in [9.17, 15) is 0 Å². The number of hydrogen-bond donors (Lipinski definition) is 0. The largest absolute Gasteiger partial charge is 0.436 e. The molecule has 2 aliphatic carbocycles. The van der Waals surface area contributed by atoms with Crippen molar-refractivity contribution in [3.05, 3.63) is 179 Å². The minimum absolute atomic E-state index is 0.0405. The van der Waals surface area contributed by atoms with Gasteiger partial charge in [0.1, 0.15) is 5.52 Å². The number of aromatic nitrogens is 1. The molecule has 0 radical (unpaired) electrons. The molecule has 0 unspecified atom stereocenters. The van der Waals surface area contributed by atoms with Crippen LogP contribution < -0.4 is 4.90 Å². The van der Waals surface area contributed by atoms with Crippen molar-refractivity contribution in [2.45, 2.75) is 32.1 Å². The second-order valence-electron chi connectivity index (χ2n) is 15.1. The summed E-state index contributed by atoms with van der Waals surface area (Å²) in [7, 11) is 0. The molecule has 0 N–H and O–H groups in total. The third kappa shape index (κ3) is 4.83.